The number of nitrogens with two attached hydrogens (primary N) is 1. The highest BCUT2D eigenvalue weighted by Gasteiger charge is 2.06. The minimum atomic E-state index is 0.395. The van der Waals surface area contributed by atoms with E-state index in [2.05, 4.69) is 4.98 Å². The van der Waals surface area contributed by atoms with Gasteiger partial charge in [0.15, 0.2) is 0 Å². The van der Waals surface area contributed by atoms with Crippen LogP contribution in [0, 0.1) is 6.92 Å². The first-order chi connectivity index (χ1) is 7.79. The third kappa shape index (κ3) is 2.41. The molecule has 0 spiro atoms. The van der Waals surface area contributed by atoms with Crippen LogP contribution in [0.25, 0.3) is 0 Å². The number of ether oxygens (including phenoxy) is 1. The quantitative estimate of drug-likeness (QED) is 0.852. The predicted molar refractivity (Wildman–Crippen MR) is 59.9 cm³/mol. The van der Waals surface area contributed by atoms with Crippen LogP contribution < -0.4 is 10.5 Å². The lowest BCUT2D eigenvalue weighted by molar-refractivity contribution is 0.265. The number of aromatic nitrogens is 1. The zero-order chi connectivity index (χ0) is 11.4. The van der Waals surface area contributed by atoms with Crippen LogP contribution in [-0.4, -0.2) is 4.98 Å². The number of nitrogens with zero attached hydrogens (tertiary/aromatic N) is 1. The second-order valence-electron chi connectivity index (χ2n) is 3.50. The maximum atomic E-state index is 5.53. The monoisotopic (exact) mass is 218 g/mol. The molecule has 0 aliphatic heterocycles. The molecule has 0 bridgehead atoms. The number of hydrogen-bond donors (Lipinski definition) is 1. The molecule has 0 saturated carbocycles. The average Bonchev–Trinajstić information content (AvgIpc) is 2.69. The van der Waals surface area contributed by atoms with Gasteiger partial charge in [0.05, 0.1) is 12.7 Å². The second-order valence-corrected chi connectivity index (χ2v) is 3.50. The summed E-state index contributed by atoms with van der Waals surface area (Å²) in [4.78, 5) is 3.96. The van der Waals surface area contributed by atoms with Crippen molar-refractivity contribution in [1.29, 1.82) is 0 Å². The van der Waals surface area contributed by atoms with E-state index in [0.29, 0.717) is 13.2 Å². The molecule has 4 nitrogen and oxygen atoms in total. The number of furan rings is 1. The Hall–Kier alpha value is -1.81. The molecule has 16 heavy (non-hydrogen) atoms. The number of pyridine rings is 1. The van der Waals surface area contributed by atoms with E-state index < -0.39 is 0 Å². The first-order valence-corrected chi connectivity index (χ1v) is 5.10. The Morgan fingerprint density at radius 3 is 3.00 bits per heavy atom. The van der Waals surface area contributed by atoms with Gasteiger partial charge in [-0.1, -0.05) is 0 Å². The van der Waals surface area contributed by atoms with E-state index in [1.807, 2.05) is 25.1 Å². The average molecular weight is 218 g/mol. The highest BCUT2D eigenvalue weighted by atomic mass is 16.5. The van der Waals surface area contributed by atoms with Crippen LogP contribution in [0.2, 0.25) is 0 Å². The standard InChI is InChI=1S/C12H14N2O2/c1-9-5-11(16-12(9)6-13)8-15-10-3-2-4-14-7-10/h2-5,7H,6,8,13H2,1H3. The molecule has 0 aromatic carbocycles. The van der Waals surface area contributed by atoms with Crippen molar-refractivity contribution < 1.29 is 9.15 Å². The summed E-state index contributed by atoms with van der Waals surface area (Å²) < 4.78 is 11.0. The van der Waals surface area contributed by atoms with E-state index in [4.69, 9.17) is 14.9 Å². The number of hydrogen-bond acceptors (Lipinski definition) is 4. The van der Waals surface area contributed by atoms with Gasteiger partial charge in [0, 0.05) is 6.20 Å². The summed E-state index contributed by atoms with van der Waals surface area (Å²) in [5, 5.41) is 0. The fraction of sp³-hybridized carbons (Fsp3) is 0.250. The molecule has 84 valence electrons. The second kappa shape index (κ2) is 4.81. The summed E-state index contributed by atoms with van der Waals surface area (Å²) >= 11 is 0. The Labute approximate surface area is 94.1 Å². The molecule has 2 heterocycles. The molecule has 0 fully saturated rings. The molecule has 0 saturated heterocycles. The normalized spacial score (nSPS) is 10.4. The minimum absolute atomic E-state index is 0.395. The van der Waals surface area contributed by atoms with Gasteiger partial charge in [-0.05, 0) is 30.7 Å². The van der Waals surface area contributed by atoms with Crippen molar-refractivity contribution in [2.24, 2.45) is 5.73 Å². The van der Waals surface area contributed by atoms with Gasteiger partial charge < -0.3 is 14.9 Å². The van der Waals surface area contributed by atoms with E-state index in [0.717, 1.165) is 22.8 Å². The summed E-state index contributed by atoms with van der Waals surface area (Å²) in [5.41, 5.74) is 6.59. The Morgan fingerprint density at radius 1 is 1.50 bits per heavy atom. The van der Waals surface area contributed by atoms with Gasteiger partial charge in [-0.25, -0.2) is 0 Å². The topological polar surface area (TPSA) is 61.3 Å². The van der Waals surface area contributed by atoms with Crippen molar-refractivity contribution in [1.82, 2.24) is 4.98 Å². The third-order valence-corrected chi connectivity index (χ3v) is 2.27. The van der Waals surface area contributed by atoms with Crippen LogP contribution in [0.1, 0.15) is 17.1 Å². The van der Waals surface area contributed by atoms with E-state index in [1.54, 1.807) is 12.4 Å². The van der Waals surface area contributed by atoms with Crippen LogP contribution in [0.4, 0.5) is 0 Å². The van der Waals surface area contributed by atoms with E-state index in [9.17, 15) is 0 Å². The summed E-state index contributed by atoms with van der Waals surface area (Å²) in [6.45, 7) is 2.78. The van der Waals surface area contributed by atoms with Crippen molar-refractivity contribution in [3.05, 3.63) is 47.7 Å². The fourth-order valence-corrected chi connectivity index (χ4v) is 1.45. The highest BCUT2D eigenvalue weighted by molar-refractivity contribution is 5.20. The third-order valence-electron chi connectivity index (χ3n) is 2.27. The molecule has 2 rings (SSSR count). The lowest BCUT2D eigenvalue weighted by atomic mass is 10.3. The summed E-state index contributed by atoms with van der Waals surface area (Å²) in [6, 6.07) is 5.62. The molecule has 0 unspecified atom stereocenters. The number of aryl methyl sites for hydroxylation is 1. The molecular weight excluding hydrogens is 204 g/mol. The summed E-state index contributed by atoms with van der Waals surface area (Å²) in [6.07, 6.45) is 3.37. The molecule has 0 aliphatic rings. The zero-order valence-electron chi connectivity index (χ0n) is 9.14. The Morgan fingerprint density at radius 2 is 2.38 bits per heavy atom. The van der Waals surface area contributed by atoms with Gasteiger partial charge >= 0.3 is 0 Å². The van der Waals surface area contributed by atoms with Crippen LogP contribution in [-0.2, 0) is 13.2 Å². The van der Waals surface area contributed by atoms with Gasteiger partial charge in [0.2, 0.25) is 0 Å². The lowest BCUT2D eigenvalue weighted by Gasteiger charge is -2.02. The van der Waals surface area contributed by atoms with Crippen LogP contribution in [0.15, 0.2) is 35.0 Å². The molecule has 0 atom stereocenters. The summed E-state index contributed by atoms with van der Waals surface area (Å²) in [7, 11) is 0. The van der Waals surface area contributed by atoms with Crippen molar-refractivity contribution in [3.8, 4) is 5.75 Å². The van der Waals surface area contributed by atoms with Gasteiger partial charge in [-0.15, -0.1) is 0 Å². The minimum Gasteiger partial charge on any atom is -0.484 e. The van der Waals surface area contributed by atoms with Gasteiger partial charge in [-0.2, -0.15) is 0 Å². The maximum Gasteiger partial charge on any atom is 0.146 e. The molecule has 2 aromatic rings. The molecule has 4 heteroatoms. The van der Waals surface area contributed by atoms with Gasteiger partial charge in [0.25, 0.3) is 0 Å². The smallest absolute Gasteiger partial charge is 0.146 e. The van der Waals surface area contributed by atoms with Crippen molar-refractivity contribution in [2.45, 2.75) is 20.1 Å². The van der Waals surface area contributed by atoms with Crippen molar-refractivity contribution >= 4 is 0 Å². The van der Waals surface area contributed by atoms with Gasteiger partial charge in [0.1, 0.15) is 23.9 Å². The highest BCUT2D eigenvalue weighted by Crippen LogP contribution is 2.16. The number of rotatable bonds is 4. The molecule has 2 aromatic heterocycles. The Balaban J connectivity index is 2.00. The molecule has 0 amide bonds. The SMILES string of the molecule is Cc1cc(COc2cccnc2)oc1CN. The first-order valence-electron chi connectivity index (χ1n) is 5.10. The molecular formula is C12H14N2O2. The van der Waals surface area contributed by atoms with Crippen LogP contribution in [0.5, 0.6) is 5.75 Å². The largest absolute Gasteiger partial charge is 0.484 e. The molecule has 2 N–H and O–H groups in total. The maximum absolute atomic E-state index is 5.53. The van der Waals surface area contributed by atoms with Crippen molar-refractivity contribution in [2.75, 3.05) is 0 Å². The van der Waals surface area contributed by atoms with Crippen LogP contribution in [0.3, 0.4) is 0 Å². The molecule has 0 aliphatic carbocycles. The Kier molecular flexibility index (Phi) is 3.22. The lowest BCUT2D eigenvalue weighted by Crippen LogP contribution is -1.96. The predicted octanol–water partition coefficient (Wildman–Crippen LogP) is 2.02. The van der Waals surface area contributed by atoms with E-state index >= 15 is 0 Å². The van der Waals surface area contributed by atoms with Gasteiger partial charge in [-0.3, -0.25) is 4.98 Å². The summed E-state index contributed by atoms with van der Waals surface area (Å²) in [5.74, 6) is 2.32. The molecule has 0 radical (unpaired) electrons. The van der Waals surface area contributed by atoms with Crippen LogP contribution >= 0.6 is 0 Å². The Bertz CT molecular complexity index is 451. The fourth-order valence-electron chi connectivity index (χ4n) is 1.45. The zero-order valence-corrected chi connectivity index (χ0v) is 9.14. The van der Waals surface area contributed by atoms with Crippen molar-refractivity contribution in [3.63, 3.8) is 0 Å². The van der Waals surface area contributed by atoms with E-state index in [1.165, 1.54) is 0 Å². The first kappa shape index (κ1) is 10.7. The van der Waals surface area contributed by atoms with E-state index in [-0.39, 0.29) is 0 Å².